The van der Waals surface area contributed by atoms with Gasteiger partial charge in [0, 0.05) is 12.8 Å². The zero-order chi connectivity index (χ0) is 30.9. The topological polar surface area (TPSA) is 95.7 Å². The Hall–Kier alpha value is -2.06. The summed E-state index contributed by atoms with van der Waals surface area (Å²) >= 11 is 0. The van der Waals surface area contributed by atoms with Gasteiger partial charge in [-0.25, -0.2) is 4.79 Å². The number of ether oxygens (including phenoxy) is 2. The van der Waals surface area contributed by atoms with Crippen LogP contribution in [-0.2, 0) is 23.9 Å². The monoisotopic (exact) mass is 597 g/mol. The van der Waals surface area contributed by atoms with Gasteiger partial charge in [-0.2, -0.15) is 13.2 Å². The van der Waals surface area contributed by atoms with Crippen LogP contribution >= 0.6 is 0 Å². The predicted molar refractivity (Wildman–Crippen MR) is 153 cm³/mol. The lowest BCUT2D eigenvalue weighted by Gasteiger charge is -2.58. The number of primary amides is 1. The molecule has 4 aliphatic carbocycles. The molecule has 4 aliphatic rings. The number of hydrogen-bond donors (Lipinski definition) is 1. The first-order valence-electron chi connectivity index (χ1n) is 16.1. The number of halogens is 3. The summed E-state index contributed by atoms with van der Waals surface area (Å²) in [4.78, 5) is 34.2. The summed E-state index contributed by atoms with van der Waals surface area (Å²) in [5.74, 6) is 0.197. The third-order valence-electron chi connectivity index (χ3n) is 11.8. The highest BCUT2D eigenvalue weighted by atomic mass is 19.4. The van der Waals surface area contributed by atoms with Crippen LogP contribution in [0.1, 0.15) is 111 Å². The number of carbonyl (C=O) groups excluding carboxylic acids is 3. The van der Waals surface area contributed by atoms with Crippen molar-refractivity contribution in [2.24, 2.45) is 52.1 Å². The summed E-state index contributed by atoms with van der Waals surface area (Å²) in [6.45, 7) is 8.96. The summed E-state index contributed by atoms with van der Waals surface area (Å²) in [6.07, 6.45) is 8.90. The van der Waals surface area contributed by atoms with Crippen molar-refractivity contribution in [1.29, 1.82) is 0 Å². The molecule has 9 heteroatoms. The lowest BCUT2D eigenvalue weighted by atomic mass is 9.47. The zero-order valence-electron chi connectivity index (χ0n) is 25.8. The van der Waals surface area contributed by atoms with Crippen LogP contribution in [0, 0.1) is 46.3 Å². The fourth-order valence-corrected chi connectivity index (χ4v) is 9.55. The van der Waals surface area contributed by atoms with Crippen LogP contribution in [0.2, 0.25) is 0 Å². The fraction of sp³-hybridized carbons (Fsp3) is 0.848. The molecule has 3 fully saturated rings. The molecular formula is C33H50F3NO5. The molecule has 0 aromatic heterocycles. The summed E-state index contributed by atoms with van der Waals surface area (Å²) in [5, 5.41) is 0. The number of carbonyl (C=O) groups is 3. The molecule has 2 N–H and O–H groups in total. The molecule has 0 unspecified atom stereocenters. The summed E-state index contributed by atoms with van der Waals surface area (Å²) in [6, 6.07) is 0. The minimum absolute atomic E-state index is 0.0249. The van der Waals surface area contributed by atoms with E-state index in [1.54, 1.807) is 0 Å². The van der Waals surface area contributed by atoms with Gasteiger partial charge in [-0.05, 0) is 97.7 Å². The van der Waals surface area contributed by atoms with Crippen LogP contribution in [0.5, 0.6) is 0 Å². The average Bonchev–Trinajstić information content (AvgIpc) is 3.27. The van der Waals surface area contributed by atoms with Crippen molar-refractivity contribution >= 4 is 17.8 Å². The maximum Gasteiger partial charge on any atom is 0.490 e. The highest BCUT2D eigenvalue weighted by Gasteiger charge is 2.59. The Morgan fingerprint density at radius 3 is 2.45 bits per heavy atom. The van der Waals surface area contributed by atoms with Crippen molar-refractivity contribution in [2.75, 3.05) is 6.61 Å². The van der Waals surface area contributed by atoms with Crippen LogP contribution < -0.4 is 5.73 Å². The summed E-state index contributed by atoms with van der Waals surface area (Å²) in [7, 11) is 0. The van der Waals surface area contributed by atoms with Crippen LogP contribution in [0.25, 0.3) is 0 Å². The van der Waals surface area contributed by atoms with Crippen LogP contribution in [-0.4, -0.2) is 36.7 Å². The Kier molecular flexibility index (Phi) is 10.1. The lowest BCUT2D eigenvalue weighted by molar-refractivity contribution is -0.200. The third kappa shape index (κ3) is 7.01. The molecule has 1 amide bonds. The van der Waals surface area contributed by atoms with Gasteiger partial charge in [-0.1, -0.05) is 52.2 Å². The van der Waals surface area contributed by atoms with E-state index >= 15 is 0 Å². The second kappa shape index (κ2) is 12.9. The van der Waals surface area contributed by atoms with Gasteiger partial charge in [0.25, 0.3) is 0 Å². The van der Waals surface area contributed by atoms with Gasteiger partial charge in [0.05, 0.1) is 13.0 Å². The molecule has 0 aliphatic heterocycles. The number of fused-ring (bicyclic) bond motifs is 5. The van der Waals surface area contributed by atoms with Crippen molar-refractivity contribution in [3.63, 3.8) is 0 Å². The number of nitrogens with two attached hydrogens (primary N) is 1. The van der Waals surface area contributed by atoms with E-state index in [1.165, 1.54) is 31.3 Å². The third-order valence-corrected chi connectivity index (χ3v) is 11.8. The predicted octanol–water partition coefficient (Wildman–Crippen LogP) is 7.29. The van der Waals surface area contributed by atoms with E-state index in [1.807, 2.05) is 6.92 Å². The van der Waals surface area contributed by atoms with Gasteiger partial charge >= 0.3 is 18.1 Å². The first-order chi connectivity index (χ1) is 19.6. The largest absolute Gasteiger partial charge is 0.490 e. The van der Waals surface area contributed by atoms with Crippen molar-refractivity contribution in [3.05, 3.63) is 11.6 Å². The maximum absolute atomic E-state index is 12.4. The van der Waals surface area contributed by atoms with Crippen molar-refractivity contribution < 1.29 is 37.0 Å². The number of amides is 1. The Morgan fingerprint density at radius 2 is 1.76 bits per heavy atom. The molecule has 4 rings (SSSR count). The second-order valence-electron chi connectivity index (χ2n) is 14.4. The SMILES string of the molecule is C[C@H](CCC[C@@H](C)[C@H]1CC[C@H]2[C@@H]3CC=C4C[C@@H](OC(=O)CCC(N)=O)CC[C@]4(C)[C@H]3CC[C@]12C)COC(=O)C(F)(F)F. The molecule has 0 radical (unpaired) electrons. The van der Waals surface area contributed by atoms with Crippen LogP contribution in [0.15, 0.2) is 11.6 Å². The molecule has 6 nitrogen and oxygen atoms in total. The molecule has 0 aromatic rings. The molecule has 238 valence electrons. The van der Waals surface area contributed by atoms with Crippen LogP contribution in [0.4, 0.5) is 13.2 Å². The molecule has 0 bridgehead atoms. The van der Waals surface area contributed by atoms with Gasteiger partial charge < -0.3 is 15.2 Å². The zero-order valence-corrected chi connectivity index (χ0v) is 25.8. The van der Waals surface area contributed by atoms with E-state index in [4.69, 9.17) is 10.5 Å². The van der Waals surface area contributed by atoms with Gasteiger partial charge in [0.2, 0.25) is 5.91 Å². The number of esters is 2. The smallest absolute Gasteiger partial charge is 0.462 e. The number of allylic oxidation sites excluding steroid dienone is 1. The first kappa shape index (κ1) is 32.8. The van der Waals surface area contributed by atoms with Crippen molar-refractivity contribution in [2.45, 2.75) is 123 Å². The minimum Gasteiger partial charge on any atom is -0.462 e. The van der Waals surface area contributed by atoms with E-state index in [0.717, 1.165) is 44.9 Å². The average molecular weight is 598 g/mol. The van der Waals surface area contributed by atoms with Gasteiger partial charge in [0.1, 0.15) is 6.10 Å². The fourth-order valence-electron chi connectivity index (χ4n) is 9.55. The maximum atomic E-state index is 12.4. The minimum atomic E-state index is -4.93. The lowest BCUT2D eigenvalue weighted by Crippen LogP contribution is -2.51. The van der Waals surface area contributed by atoms with E-state index in [0.29, 0.717) is 35.0 Å². The van der Waals surface area contributed by atoms with E-state index in [9.17, 15) is 27.6 Å². The Labute approximate surface area is 248 Å². The van der Waals surface area contributed by atoms with E-state index in [2.05, 4.69) is 31.6 Å². The van der Waals surface area contributed by atoms with E-state index in [-0.39, 0.29) is 42.9 Å². The molecule has 0 aromatic carbocycles. The molecule has 0 heterocycles. The highest BCUT2D eigenvalue weighted by molar-refractivity contribution is 5.80. The molecule has 0 saturated heterocycles. The number of hydrogen-bond acceptors (Lipinski definition) is 5. The van der Waals surface area contributed by atoms with Crippen molar-refractivity contribution in [1.82, 2.24) is 0 Å². The number of alkyl halides is 3. The first-order valence-corrected chi connectivity index (χ1v) is 16.1. The molecule has 9 atom stereocenters. The van der Waals surface area contributed by atoms with E-state index < -0.39 is 18.1 Å². The second-order valence-corrected chi connectivity index (χ2v) is 14.4. The Morgan fingerprint density at radius 1 is 1.02 bits per heavy atom. The summed E-state index contributed by atoms with van der Waals surface area (Å²) in [5.41, 5.74) is 7.08. The molecular weight excluding hydrogens is 547 g/mol. The number of rotatable bonds is 11. The highest BCUT2D eigenvalue weighted by Crippen LogP contribution is 2.67. The normalized spacial score (nSPS) is 35.6. The Bertz CT molecular complexity index is 1040. The standard InChI is InChI=1S/C33H50F3NO5/c1-20(19-41-30(40)33(34,35)36)6-5-7-21(2)25-10-11-26-24-9-8-22-18-23(42-29(39)13-12-28(37)38)14-16-31(22,3)27(24)15-17-32(25,26)4/h8,20-21,23-27H,5-7,9-19H2,1-4H3,(H2,37,38)/t20-,21-,23+,24+,25-,26+,27+,31+,32-/m1/s1. The molecule has 42 heavy (non-hydrogen) atoms. The van der Waals surface area contributed by atoms with Crippen LogP contribution in [0.3, 0.4) is 0 Å². The van der Waals surface area contributed by atoms with Gasteiger partial charge in [0.15, 0.2) is 0 Å². The molecule has 3 saturated carbocycles. The Balaban J connectivity index is 1.30. The molecule has 0 spiro atoms. The quantitative estimate of drug-likeness (QED) is 0.199. The van der Waals surface area contributed by atoms with Crippen molar-refractivity contribution in [3.8, 4) is 0 Å². The summed E-state index contributed by atoms with van der Waals surface area (Å²) < 4.78 is 47.4. The van der Waals surface area contributed by atoms with Gasteiger partial charge in [-0.3, -0.25) is 9.59 Å². The van der Waals surface area contributed by atoms with Gasteiger partial charge in [-0.15, -0.1) is 0 Å².